The monoisotopic (exact) mass is 357 g/mol. The number of benzene rings is 1. The molecule has 1 aromatic carbocycles. The van der Waals surface area contributed by atoms with Crippen LogP contribution in [0.3, 0.4) is 0 Å². The molecular weight excluding hydrogens is 338 g/mol. The van der Waals surface area contributed by atoms with Gasteiger partial charge in [-0.3, -0.25) is 25.1 Å². The van der Waals surface area contributed by atoms with Crippen LogP contribution in [0.25, 0.3) is 0 Å². The van der Waals surface area contributed by atoms with Crippen molar-refractivity contribution in [2.75, 3.05) is 6.54 Å². The molecule has 9 nitrogen and oxygen atoms in total. The third-order valence-electron chi connectivity index (χ3n) is 4.41. The van der Waals surface area contributed by atoms with Gasteiger partial charge in [0.05, 0.1) is 15.9 Å². The second-order valence-electron chi connectivity index (χ2n) is 6.30. The summed E-state index contributed by atoms with van der Waals surface area (Å²) in [6, 6.07) is 3.79. The molecule has 2 aromatic rings. The lowest BCUT2D eigenvalue weighted by atomic mass is 10.1. The van der Waals surface area contributed by atoms with Crippen molar-refractivity contribution in [1.82, 2.24) is 14.9 Å². The van der Waals surface area contributed by atoms with Gasteiger partial charge in [0.1, 0.15) is 5.82 Å². The maximum absolute atomic E-state index is 11.3. The molecule has 0 unspecified atom stereocenters. The SMILES string of the molecule is CCCc1ncc2c(n1)CCN(Cc1ccc([N+](=O)[O-])cc1[N+](=O)[O-])C2. The smallest absolute Gasteiger partial charge is 0.280 e. The number of nitro groups is 2. The Balaban J connectivity index is 1.78. The molecule has 1 aliphatic rings. The third-order valence-corrected chi connectivity index (χ3v) is 4.41. The zero-order valence-electron chi connectivity index (χ0n) is 14.4. The maximum atomic E-state index is 11.3. The molecule has 0 bridgehead atoms. The molecule has 2 heterocycles. The molecule has 0 saturated heterocycles. The third kappa shape index (κ3) is 3.83. The van der Waals surface area contributed by atoms with Crippen LogP contribution in [0.5, 0.6) is 0 Å². The van der Waals surface area contributed by atoms with E-state index in [2.05, 4.69) is 21.8 Å². The molecule has 3 rings (SSSR count). The Bertz CT molecular complexity index is 855. The second kappa shape index (κ2) is 7.52. The van der Waals surface area contributed by atoms with Crippen molar-refractivity contribution in [2.24, 2.45) is 0 Å². The number of rotatable bonds is 6. The maximum Gasteiger partial charge on any atom is 0.280 e. The van der Waals surface area contributed by atoms with Crippen LogP contribution < -0.4 is 0 Å². The van der Waals surface area contributed by atoms with Gasteiger partial charge in [-0.25, -0.2) is 9.97 Å². The number of hydrogen-bond donors (Lipinski definition) is 0. The highest BCUT2D eigenvalue weighted by atomic mass is 16.6. The minimum absolute atomic E-state index is 0.223. The number of fused-ring (bicyclic) bond motifs is 1. The molecule has 0 fully saturated rings. The molecule has 0 aliphatic carbocycles. The first-order valence-electron chi connectivity index (χ1n) is 8.45. The molecule has 0 amide bonds. The van der Waals surface area contributed by atoms with Crippen molar-refractivity contribution in [3.63, 3.8) is 0 Å². The highest BCUT2D eigenvalue weighted by molar-refractivity contribution is 5.49. The molecule has 0 saturated carbocycles. The predicted molar refractivity (Wildman–Crippen MR) is 93.6 cm³/mol. The fourth-order valence-electron chi connectivity index (χ4n) is 3.11. The van der Waals surface area contributed by atoms with E-state index in [4.69, 9.17) is 0 Å². The highest BCUT2D eigenvalue weighted by Gasteiger charge is 2.24. The molecule has 1 aliphatic heterocycles. The van der Waals surface area contributed by atoms with Gasteiger partial charge in [-0.1, -0.05) is 6.92 Å². The predicted octanol–water partition coefficient (Wildman–Crippen LogP) is 2.80. The number of nitro benzene ring substituents is 2. The number of non-ortho nitro benzene ring substituents is 1. The topological polar surface area (TPSA) is 115 Å². The summed E-state index contributed by atoms with van der Waals surface area (Å²) in [6.07, 6.45) is 4.44. The molecule has 0 radical (unpaired) electrons. The van der Waals surface area contributed by atoms with Crippen molar-refractivity contribution < 1.29 is 9.85 Å². The van der Waals surface area contributed by atoms with Gasteiger partial charge in [-0.15, -0.1) is 0 Å². The van der Waals surface area contributed by atoms with Gasteiger partial charge in [-0.2, -0.15) is 0 Å². The fourth-order valence-corrected chi connectivity index (χ4v) is 3.11. The van der Waals surface area contributed by atoms with E-state index in [0.29, 0.717) is 18.7 Å². The van der Waals surface area contributed by atoms with E-state index < -0.39 is 9.85 Å². The lowest BCUT2D eigenvalue weighted by molar-refractivity contribution is -0.394. The molecule has 26 heavy (non-hydrogen) atoms. The van der Waals surface area contributed by atoms with Gasteiger partial charge in [0.2, 0.25) is 0 Å². The summed E-state index contributed by atoms with van der Waals surface area (Å²) in [4.78, 5) is 32.0. The quantitative estimate of drug-likeness (QED) is 0.576. The molecular formula is C17H19N5O4. The second-order valence-corrected chi connectivity index (χ2v) is 6.30. The van der Waals surface area contributed by atoms with E-state index in [1.165, 1.54) is 12.1 Å². The van der Waals surface area contributed by atoms with Gasteiger partial charge in [-0.05, 0) is 12.5 Å². The number of nitrogens with zero attached hydrogens (tertiary/aromatic N) is 5. The molecule has 136 valence electrons. The van der Waals surface area contributed by atoms with Crippen molar-refractivity contribution in [2.45, 2.75) is 39.3 Å². The lowest BCUT2D eigenvalue weighted by Gasteiger charge is -2.27. The Morgan fingerprint density at radius 3 is 2.73 bits per heavy atom. The van der Waals surface area contributed by atoms with Crippen LogP contribution in [0.15, 0.2) is 24.4 Å². The van der Waals surface area contributed by atoms with Crippen LogP contribution in [-0.4, -0.2) is 31.3 Å². The summed E-state index contributed by atoms with van der Waals surface area (Å²) in [6.45, 7) is 3.77. The van der Waals surface area contributed by atoms with Gasteiger partial charge >= 0.3 is 0 Å². The van der Waals surface area contributed by atoms with E-state index in [1.807, 2.05) is 6.20 Å². The molecule has 0 spiro atoms. The van der Waals surface area contributed by atoms with Gasteiger partial charge in [0.25, 0.3) is 11.4 Å². The average Bonchev–Trinajstić information content (AvgIpc) is 2.62. The number of aryl methyl sites for hydroxylation is 1. The fraction of sp³-hybridized carbons (Fsp3) is 0.412. The Hall–Kier alpha value is -2.94. The van der Waals surface area contributed by atoms with Crippen molar-refractivity contribution in [3.05, 3.63) is 67.3 Å². The van der Waals surface area contributed by atoms with Crippen molar-refractivity contribution >= 4 is 11.4 Å². The minimum atomic E-state index is -0.626. The van der Waals surface area contributed by atoms with E-state index in [1.54, 1.807) is 0 Å². The number of hydrogen-bond acceptors (Lipinski definition) is 7. The summed E-state index contributed by atoms with van der Waals surface area (Å²) in [5.74, 6) is 0.853. The summed E-state index contributed by atoms with van der Waals surface area (Å²) in [7, 11) is 0. The van der Waals surface area contributed by atoms with Gasteiger partial charge in [0.15, 0.2) is 0 Å². The Kier molecular flexibility index (Phi) is 5.17. The highest BCUT2D eigenvalue weighted by Crippen LogP contribution is 2.27. The Morgan fingerprint density at radius 2 is 2.04 bits per heavy atom. The summed E-state index contributed by atoms with van der Waals surface area (Å²) >= 11 is 0. The normalized spacial score (nSPS) is 14.0. The van der Waals surface area contributed by atoms with Crippen LogP contribution in [0.2, 0.25) is 0 Å². The van der Waals surface area contributed by atoms with E-state index in [0.717, 1.165) is 49.0 Å². The zero-order valence-corrected chi connectivity index (χ0v) is 14.4. The first kappa shape index (κ1) is 17.9. The Morgan fingerprint density at radius 1 is 1.23 bits per heavy atom. The summed E-state index contributed by atoms with van der Waals surface area (Å²) in [5, 5.41) is 22.1. The molecule has 0 atom stereocenters. The van der Waals surface area contributed by atoms with Crippen molar-refractivity contribution in [3.8, 4) is 0 Å². The van der Waals surface area contributed by atoms with E-state index in [-0.39, 0.29) is 11.4 Å². The molecule has 9 heteroatoms. The van der Waals surface area contributed by atoms with Gasteiger partial charge in [0, 0.05) is 61.6 Å². The summed E-state index contributed by atoms with van der Waals surface area (Å²) in [5.41, 5.74) is 2.03. The first-order chi connectivity index (χ1) is 12.5. The van der Waals surface area contributed by atoms with E-state index in [9.17, 15) is 20.2 Å². The van der Waals surface area contributed by atoms with Crippen LogP contribution in [-0.2, 0) is 25.9 Å². The first-order valence-corrected chi connectivity index (χ1v) is 8.45. The standard InChI is InChI=1S/C17H19N5O4/c1-2-3-17-18-9-13-11-20(7-6-15(13)19-17)10-12-4-5-14(21(23)24)8-16(12)22(25)26/h4-5,8-9H,2-3,6-7,10-11H2,1H3. The number of aromatic nitrogens is 2. The molecule has 0 N–H and O–H groups in total. The van der Waals surface area contributed by atoms with Crippen LogP contribution in [0.1, 0.15) is 36.0 Å². The lowest BCUT2D eigenvalue weighted by Crippen LogP contribution is -2.31. The zero-order chi connectivity index (χ0) is 18.7. The van der Waals surface area contributed by atoms with Crippen LogP contribution >= 0.6 is 0 Å². The average molecular weight is 357 g/mol. The van der Waals surface area contributed by atoms with E-state index >= 15 is 0 Å². The Labute approximate surface area is 150 Å². The van der Waals surface area contributed by atoms with Crippen molar-refractivity contribution in [1.29, 1.82) is 0 Å². The minimum Gasteiger partial charge on any atom is -0.294 e. The molecule has 1 aromatic heterocycles. The van der Waals surface area contributed by atoms with Gasteiger partial charge < -0.3 is 0 Å². The largest absolute Gasteiger partial charge is 0.294 e. The van der Waals surface area contributed by atoms with Crippen LogP contribution in [0, 0.1) is 20.2 Å². The summed E-state index contributed by atoms with van der Waals surface area (Å²) < 4.78 is 0. The van der Waals surface area contributed by atoms with Crippen LogP contribution in [0.4, 0.5) is 11.4 Å².